The van der Waals surface area contributed by atoms with Gasteiger partial charge in [-0.3, -0.25) is 0 Å². The third-order valence-electron chi connectivity index (χ3n) is 4.29. The molecule has 118 valence electrons. The first-order chi connectivity index (χ1) is 10.2. The average Bonchev–Trinajstić information content (AvgIpc) is 2.48. The van der Waals surface area contributed by atoms with Gasteiger partial charge in [0.1, 0.15) is 19.6 Å². The molecule has 0 aliphatic rings. The minimum absolute atomic E-state index is 0.361. The summed E-state index contributed by atoms with van der Waals surface area (Å²) < 4.78 is 6.12. The molecule has 3 N–H and O–H groups in total. The molecule has 0 fully saturated rings. The van der Waals surface area contributed by atoms with Crippen LogP contribution in [0.4, 0.5) is 5.69 Å². The molecule has 0 unspecified atom stereocenters. The smallest absolute Gasteiger partial charge is 0.124 e. The molecule has 22 heavy (non-hydrogen) atoms. The van der Waals surface area contributed by atoms with Crippen LogP contribution in [-0.4, -0.2) is 19.4 Å². The second-order valence-corrected chi connectivity index (χ2v) is 11.2. The number of hydrogen-bond donors (Lipinski definition) is 2. The van der Waals surface area contributed by atoms with E-state index in [9.17, 15) is 5.11 Å². The number of phenols is 1. The topological polar surface area (TPSA) is 55.5 Å². The molecule has 0 heterocycles. The molecule has 0 amide bonds. The molecule has 0 bridgehead atoms. The quantitative estimate of drug-likeness (QED) is 0.671. The summed E-state index contributed by atoms with van der Waals surface area (Å²) >= 11 is 0. The second-order valence-electron chi connectivity index (χ2n) is 6.58. The molecular formula is C18H25NO2Si. The zero-order valence-corrected chi connectivity index (χ0v) is 15.0. The molecule has 0 spiro atoms. The summed E-state index contributed by atoms with van der Waals surface area (Å²) in [5.41, 5.74) is 9.30. The highest BCUT2D eigenvalue weighted by molar-refractivity contribution is 6.89. The van der Waals surface area contributed by atoms with Gasteiger partial charge in [0.05, 0.1) is 6.23 Å². The van der Waals surface area contributed by atoms with Crippen molar-refractivity contribution >= 4 is 18.9 Å². The highest BCUT2D eigenvalue weighted by atomic mass is 28.3. The summed E-state index contributed by atoms with van der Waals surface area (Å²) in [6.45, 7) is 10.4. The van der Waals surface area contributed by atoms with E-state index < -0.39 is 8.07 Å². The van der Waals surface area contributed by atoms with Crippen molar-refractivity contribution < 1.29 is 9.84 Å². The number of phenolic OH excluding ortho intramolecular Hbond substituents is 1. The van der Waals surface area contributed by atoms with Crippen LogP contribution in [0.25, 0.3) is 0 Å². The number of rotatable bonds is 4. The lowest BCUT2D eigenvalue weighted by Gasteiger charge is -2.24. The second kappa shape index (κ2) is 6.05. The maximum Gasteiger partial charge on any atom is 0.124 e. The van der Waals surface area contributed by atoms with Gasteiger partial charge in [0.25, 0.3) is 0 Å². The molecule has 0 saturated heterocycles. The van der Waals surface area contributed by atoms with E-state index in [4.69, 9.17) is 10.5 Å². The van der Waals surface area contributed by atoms with Crippen molar-refractivity contribution in [3.8, 4) is 11.5 Å². The van der Waals surface area contributed by atoms with E-state index in [2.05, 4.69) is 25.2 Å². The Morgan fingerprint density at radius 1 is 1.05 bits per heavy atom. The van der Waals surface area contributed by atoms with E-state index in [1.807, 2.05) is 39.0 Å². The third kappa shape index (κ3) is 3.27. The predicted octanol–water partition coefficient (Wildman–Crippen LogP) is 3.43. The molecule has 0 aliphatic heterocycles. The summed E-state index contributed by atoms with van der Waals surface area (Å²) in [6.07, 6.45) is 0.696. The van der Waals surface area contributed by atoms with Crippen LogP contribution in [0.3, 0.4) is 0 Å². The summed E-state index contributed by atoms with van der Waals surface area (Å²) in [4.78, 5) is 0. The van der Waals surface area contributed by atoms with Gasteiger partial charge in [0.2, 0.25) is 0 Å². The maximum absolute atomic E-state index is 9.98. The van der Waals surface area contributed by atoms with Gasteiger partial charge in [0, 0.05) is 5.69 Å². The number of ether oxygens (including phenoxy) is 1. The number of anilines is 1. The van der Waals surface area contributed by atoms with Gasteiger partial charge in [-0.15, -0.1) is 0 Å². The first-order valence-corrected chi connectivity index (χ1v) is 10.7. The van der Waals surface area contributed by atoms with E-state index in [0.717, 1.165) is 28.1 Å². The lowest BCUT2D eigenvalue weighted by molar-refractivity contribution is 0.373. The van der Waals surface area contributed by atoms with Crippen molar-refractivity contribution in [2.75, 3.05) is 12.0 Å². The summed E-state index contributed by atoms with van der Waals surface area (Å²) in [5, 5.41) is 11.3. The van der Waals surface area contributed by atoms with E-state index >= 15 is 0 Å². The fourth-order valence-corrected chi connectivity index (χ4v) is 4.21. The van der Waals surface area contributed by atoms with Gasteiger partial charge < -0.3 is 15.6 Å². The van der Waals surface area contributed by atoms with Crippen molar-refractivity contribution in [3.05, 3.63) is 47.0 Å². The lowest BCUT2D eigenvalue weighted by Crippen LogP contribution is -2.47. The molecule has 0 aromatic heterocycles. The van der Waals surface area contributed by atoms with Crippen LogP contribution in [0.2, 0.25) is 13.1 Å². The Balaban J connectivity index is 2.20. The highest BCUT2D eigenvalue weighted by Gasteiger charge is 2.25. The Kier molecular flexibility index (Phi) is 4.51. The molecular weight excluding hydrogens is 290 g/mol. The van der Waals surface area contributed by atoms with Crippen LogP contribution in [0.1, 0.15) is 16.7 Å². The largest absolute Gasteiger partial charge is 0.507 e. The Morgan fingerprint density at radius 2 is 1.64 bits per heavy atom. The van der Waals surface area contributed by atoms with Crippen molar-refractivity contribution in [1.82, 2.24) is 0 Å². The molecule has 2 rings (SSSR count). The van der Waals surface area contributed by atoms with Gasteiger partial charge in [-0.05, 0) is 55.7 Å². The number of aromatic hydroxyl groups is 1. The molecule has 2 aromatic rings. The molecule has 0 radical (unpaired) electrons. The predicted molar refractivity (Wildman–Crippen MR) is 95.8 cm³/mol. The molecule has 0 aliphatic carbocycles. The zero-order chi connectivity index (χ0) is 16.5. The van der Waals surface area contributed by atoms with E-state index in [1.165, 1.54) is 5.19 Å². The van der Waals surface area contributed by atoms with Crippen molar-refractivity contribution in [2.24, 2.45) is 0 Å². The van der Waals surface area contributed by atoms with Crippen LogP contribution < -0.4 is 15.7 Å². The van der Waals surface area contributed by atoms with Gasteiger partial charge in [-0.1, -0.05) is 30.4 Å². The third-order valence-corrected chi connectivity index (χ3v) is 7.05. The SMILES string of the molecule is Cc1cc(OC[Si](C)(C)c2ccc(N)cc2)c(C)c(C)c1O. The summed E-state index contributed by atoms with van der Waals surface area (Å²) in [6, 6.07) is 10.0. The monoisotopic (exact) mass is 315 g/mol. The fourth-order valence-electron chi connectivity index (χ4n) is 2.46. The zero-order valence-electron chi connectivity index (χ0n) is 14.0. The van der Waals surface area contributed by atoms with E-state index in [-0.39, 0.29) is 0 Å². The van der Waals surface area contributed by atoms with E-state index in [1.54, 1.807) is 0 Å². The number of benzene rings is 2. The van der Waals surface area contributed by atoms with Crippen LogP contribution in [-0.2, 0) is 0 Å². The van der Waals surface area contributed by atoms with Crippen LogP contribution in [0.5, 0.6) is 11.5 Å². The Hall–Kier alpha value is -1.94. The van der Waals surface area contributed by atoms with Crippen molar-refractivity contribution in [3.63, 3.8) is 0 Å². The number of hydrogen-bond acceptors (Lipinski definition) is 3. The van der Waals surface area contributed by atoms with Crippen molar-refractivity contribution in [2.45, 2.75) is 33.9 Å². The van der Waals surface area contributed by atoms with Crippen LogP contribution in [0, 0.1) is 20.8 Å². The van der Waals surface area contributed by atoms with Crippen LogP contribution in [0.15, 0.2) is 30.3 Å². The Labute approximate surface area is 133 Å². The number of nitrogen functional groups attached to an aromatic ring is 1. The van der Waals surface area contributed by atoms with Gasteiger partial charge >= 0.3 is 0 Å². The lowest BCUT2D eigenvalue weighted by atomic mass is 10.0. The van der Waals surface area contributed by atoms with Gasteiger partial charge in [-0.2, -0.15) is 0 Å². The molecule has 2 aromatic carbocycles. The number of nitrogens with two attached hydrogens (primary N) is 1. The number of aryl methyl sites for hydroxylation is 1. The molecule has 0 saturated carbocycles. The maximum atomic E-state index is 9.98. The Bertz CT molecular complexity index is 678. The van der Waals surface area contributed by atoms with Gasteiger partial charge in [0.15, 0.2) is 0 Å². The summed E-state index contributed by atoms with van der Waals surface area (Å²) in [5.74, 6) is 1.23. The molecule has 3 nitrogen and oxygen atoms in total. The normalized spacial score (nSPS) is 11.5. The molecule has 0 atom stereocenters. The Morgan fingerprint density at radius 3 is 2.23 bits per heavy atom. The first-order valence-electron chi connectivity index (χ1n) is 7.51. The summed E-state index contributed by atoms with van der Waals surface area (Å²) in [7, 11) is -1.70. The minimum Gasteiger partial charge on any atom is -0.507 e. The standard InChI is InChI=1S/C18H25NO2Si/c1-12-10-17(13(2)14(3)18(12)20)21-11-22(4,5)16-8-6-15(19)7-9-16/h6-10,20H,11,19H2,1-5H3. The van der Waals surface area contributed by atoms with E-state index in [0.29, 0.717) is 12.0 Å². The van der Waals surface area contributed by atoms with Gasteiger partial charge in [-0.25, -0.2) is 0 Å². The highest BCUT2D eigenvalue weighted by Crippen LogP contribution is 2.32. The van der Waals surface area contributed by atoms with Crippen molar-refractivity contribution in [1.29, 1.82) is 0 Å². The average molecular weight is 315 g/mol. The minimum atomic E-state index is -1.70. The molecule has 4 heteroatoms. The fraction of sp³-hybridized carbons (Fsp3) is 0.333. The first kappa shape index (κ1) is 16.4. The van der Waals surface area contributed by atoms with Crippen LogP contribution >= 0.6 is 0 Å².